The second kappa shape index (κ2) is 6.06. The Bertz CT molecular complexity index is 278. The summed E-state index contributed by atoms with van der Waals surface area (Å²) in [6.07, 6.45) is 3.54. The maximum atomic E-state index is 10.1. The monoisotopic (exact) mass is 225 g/mol. The summed E-state index contributed by atoms with van der Waals surface area (Å²) in [7, 11) is 0. The van der Waals surface area contributed by atoms with E-state index in [-0.39, 0.29) is 0 Å². The molecule has 1 aromatic rings. The van der Waals surface area contributed by atoms with Gasteiger partial charge in [0.25, 0.3) is 0 Å². The van der Waals surface area contributed by atoms with E-state index < -0.39 is 5.60 Å². The van der Waals surface area contributed by atoms with E-state index in [4.69, 9.17) is 4.42 Å². The predicted molar refractivity (Wildman–Crippen MR) is 65.1 cm³/mol. The minimum atomic E-state index is -0.628. The summed E-state index contributed by atoms with van der Waals surface area (Å²) in [5.74, 6) is 1.54. The lowest BCUT2D eigenvalue weighted by atomic mass is 9.95. The fourth-order valence-corrected chi connectivity index (χ4v) is 1.56. The molecule has 1 rings (SSSR count). The lowest BCUT2D eigenvalue weighted by Gasteiger charge is -2.24. The number of rotatable bonds is 7. The van der Waals surface area contributed by atoms with Gasteiger partial charge in [0.1, 0.15) is 5.76 Å². The first kappa shape index (κ1) is 13.3. The van der Waals surface area contributed by atoms with Crippen LogP contribution in [-0.4, -0.2) is 17.3 Å². The molecule has 3 nitrogen and oxygen atoms in total. The zero-order valence-electron chi connectivity index (χ0n) is 10.5. The SMILES string of the molecule is CC(C)CCC(C)(O)CNCc1ccco1. The van der Waals surface area contributed by atoms with Crippen molar-refractivity contribution in [1.29, 1.82) is 0 Å². The van der Waals surface area contributed by atoms with Crippen LogP contribution in [0.2, 0.25) is 0 Å². The van der Waals surface area contributed by atoms with Gasteiger partial charge < -0.3 is 14.8 Å². The number of hydrogen-bond donors (Lipinski definition) is 2. The van der Waals surface area contributed by atoms with E-state index in [0.29, 0.717) is 19.0 Å². The standard InChI is InChI=1S/C13H23NO2/c1-11(2)6-7-13(3,15)10-14-9-12-5-4-8-16-12/h4-5,8,11,14-15H,6-7,9-10H2,1-3H3. The first-order chi connectivity index (χ1) is 7.49. The Morgan fingerprint density at radius 2 is 2.25 bits per heavy atom. The lowest BCUT2D eigenvalue weighted by molar-refractivity contribution is 0.0447. The van der Waals surface area contributed by atoms with Crippen LogP contribution in [0.5, 0.6) is 0 Å². The molecule has 1 atom stereocenters. The molecule has 0 aliphatic rings. The quantitative estimate of drug-likeness (QED) is 0.749. The third kappa shape index (κ3) is 5.33. The summed E-state index contributed by atoms with van der Waals surface area (Å²) in [5, 5.41) is 13.3. The highest BCUT2D eigenvalue weighted by atomic mass is 16.3. The molecule has 0 spiro atoms. The van der Waals surface area contributed by atoms with E-state index in [1.54, 1.807) is 6.26 Å². The van der Waals surface area contributed by atoms with Crippen molar-refractivity contribution in [2.75, 3.05) is 6.54 Å². The van der Waals surface area contributed by atoms with Crippen LogP contribution in [-0.2, 0) is 6.54 Å². The van der Waals surface area contributed by atoms with Gasteiger partial charge in [-0.3, -0.25) is 0 Å². The van der Waals surface area contributed by atoms with Crippen LogP contribution in [0.25, 0.3) is 0 Å². The fourth-order valence-electron chi connectivity index (χ4n) is 1.56. The van der Waals surface area contributed by atoms with E-state index >= 15 is 0 Å². The van der Waals surface area contributed by atoms with Gasteiger partial charge in [0.05, 0.1) is 18.4 Å². The Labute approximate surface area is 97.9 Å². The molecule has 0 radical (unpaired) electrons. The van der Waals surface area contributed by atoms with Crippen LogP contribution >= 0.6 is 0 Å². The number of hydrogen-bond acceptors (Lipinski definition) is 3. The van der Waals surface area contributed by atoms with Gasteiger partial charge in [0.2, 0.25) is 0 Å². The Morgan fingerprint density at radius 1 is 1.50 bits per heavy atom. The van der Waals surface area contributed by atoms with Gasteiger partial charge in [0.15, 0.2) is 0 Å². The summed E-state index contributed by atoms with van der Waals surface area (Å²) in [4.78, 5) is 0. The summed E-state index contributed by atoms with van der Waals surface area (Å²) >= 11 is 0. The average Bonchev–Trinajstić information content (AvgIpc) is 2.68. The molecule has 2 N–H and O–H groups in total. The molecule has 1 heterocycles. The second-order valence-corrected chi connectivity index (χ2v) is 5.11. The highest BCUT2D eigenvalue weighted by Gasteiger charge is 2.19. The first-order valence-corrected chi connectivity index (χ1v) is 5.95. The molecule has 0 saturated carbocycles. The van der Waals surface area contributed by atoms with Crippen LogP contribution < -0.4 is 5.32 Å². The third-order valence-corrected chi connectivity index (χ3v) is 2.65. The first-order valence-electron chi connectivity index (χ1n) is 5.95. The molecule has 0 aliphatic carbocycles. The predicted octanol–water partition coefficient (Wildman–Crippen LogP) is 2.56. The molecule has 0 saturated heterocycles. The molecule has 0 aromatic carbocycles. The lowest BCUT2D eigenvalue weighted by Crippen LogP contribution is -2.37. The van der Waals surface area contributed by atoms with Crippen molar-refractivity contribution in [2.45, 2.75) is 45.8 Å². The van der Waals surface area contributed by atoms with Crippen molar-refractivity contribution in [1.82, 2.24) is 5.32 Å². The topological polar surface area (TPSA) is 45.4 Å². The van der Waals surface area contributed by atoms with E-state index in [0.717, 1.165) is 18.6 Å². The van der Waals surface area contributed by atoms with Crippen LogP contribution in [0.3, 0.4) is 0 Å². The number of aliphatic hydroxyl groups is 1. The van der Waals surface area contributed by atoms with Crippen molar-refractivity contribution in [3.8, 4) is 0 Å². The Balaban J connectivity index is 2.20. The molecule has 92 valence electrons. The van der Waals surface area contributed by atoms with Crippen LogP contribution in [0.1, 0.15) is 39.4 Å². The maximum Gasteiger partial charge on any atom is 0.117 e. The summed E-state index contributed by atoms with van der Waals surface area (Å²) in [6, 6.07) is 3.80. The molecule has 0 aliphatic heterocycles. The number of furan rings is 1. The molecule has 0 fully saturated rings. The fraction of sp³-hybridized carbons (Fsp3) is 0.692. The average molecular weight is 225 g/mol. The zero-order valence-corrected chi connectivity index (χ0v) is 10.5. The van der Waals surface area contributed by atoms with Crippen molar-refractivity contribution in [3.05, 3.63) is 24.2 Å². The minimum absolute atomic E-state index is 0.598. The maximum absolute atomic E-state index is 10.1. The summed E-state index contributed by atoms with van der Waals surface area (Å²) in [5.41, 5.74) is -0.628. The third-order valence-electron chi connectivity index (χ3n) is 2.65. The Hall–Kier alpha value is -0.800. The highest BCUT2D eigenvalue weighted by molar-refractivity contribution is 4.97. The largest absolute Gasteiger partial charge is 0.468 e. The van der Waals surface area contributed by atoms with Gasteiger partial charge in [-0.15, -0.1) is 0 Å². The van der Waals surface area contributed by atoms with E-state index in [1.807, 2.05) is 19.1 Å². The highest BCUT2D eigenvalue weighted by Crippen LogP contribution is 2.15. The van der Waals surface area contributed by atoms with Gasteiger partial charge in [-0.25, -0.2) is 0 Å². The van der Waals surface area contributed by atoms with Crippen molar-refractivity contribution in [2.24, 2.45) is 5.92 Å². The number of nitrogens with one attached hydrogen (secondary N) is 1. The molecule has 1 unspecified atom stereocenters. The zero-order chi connectivity index (χ0) is 12.0. The van der Waals surface area contributed by atoms with Gasteiger partial charge in [-0.05, 0) is 37.8 Å². The molecule has 16 heavy (non-hydrogen) atoms. The van der Waals surface area contributed by atoms with Gasteiger partial charge in [-0.2, -0.15) is 0 Å². The molecule has 1 aromatic heterocycles. The molecule has 3 heteroatoms. The Morgan fingerprint density at radius 3 is 2.81 bits per heavy atom. The van der Waals surface area contributed by atoms with Gasteiger partial charge >= 0.3 is 0 Å². The van der Waals surface area contributed by atoms with E-state index in [2.05, 4.69) is 19.2 Å². The van der Waals surface area contributed by atoms with Crippen LogP contribution in [0, 0.1) is 5.92 Å². The van der Waals surface area contributed by atoms with Crippen molar-refractivity contribution in [3.63, 3.8) is 0 Å². The van der Waals surface area contributed by atoms with E-state index in [9.17, 15) is 5.11 Å². The molecule has 0 amide bonds. The van der Waals surface area contributed by atoms with Crippen molar-refractivity contribution >= 4 is 0 Å². The second-order valence-electron chi connectivity index (χ2n) is 5.11. The van der Waals surface area contributed by atoms with Crippen molar-refractivity contribution < 1.29 is 9.52 Å². The van der Waals surface area contributed by atoms with Crippen LogP contribution in [0.15, 0.2) is 22.8 Å². The normalized spacial score (nSPS) is 15.3. The molecular weight excluding hydrogens is 202 g/mol. The summed E-state index contributed by atoms with van der Waals surface area (Å²) < 4.78 is 5.20. The summed E-state index contributed by atoms with van der Waals surface area (Å²) in [6.45, 7) is 7.49. The molecular formula is C13H23NO2. The Kier molecular flexibility index (Phi) is 5.03. The van der Waals surface area contributed by atoms with Gasteiger partial charge in [0, 0.05) is 6.54 Å². The smallest absolute Gasteiger partial charge is 0.117 e. The van der Waals surface area contributed by atoms with Gasteiger partial charge in [-0.1, -0.05) is 13.8 Å². The minimum Gasteiger partial charge on any atom is -0.468 e. The van der Waals surface area contributed by atoms with E-state index in [1.165, 1.54) is 0 Å². The molecule has 0 bridgehead atoms. The van der Waals surface area contributed by atoms with Crippen LogP contribution in [0.4, 0.5) is 0 Å².